The number of rotatable bonds is 11. The molecule has 0 aliphatic heterocycles. The lowest BCUT2D eigenvalue weighted by atomic mass is 10.0. The highest BCUT2D eigenvalue weighted by atomic mass is 35.5. The van der Waals surface area contributed by atoms with Crippen LogP contribution in [-0.4, -0.2) is 73.3 Å². The third-order valence-corrected chi connectivity index (χ3v) is 7.34. The van der Waals surface area contributed by atoms with Crippen molar-refractivity contribution in [3.63, 3.8) is 0 Å². The van der Waals surface area contributed by atoms with E-state index < -0.39 is 11.9 Å². The van der Waals surface area contributed by atoms with Crippen LogP contribution in [0.15, 0.2) is 60.9 Å². The van der Waals surface area contributed by atoms with Crippen LogP contribution in [0.3, 0.4) is 0 Å². The molecule has 2 heterocycles. The molecule has 12 nitrogen and oxygen atoms in total. The normalized spacial score (nSPS) is 11.9. The van der Waals surface area contributed by atoms with Crippen molar-refractivity contribution in [2.24, 2.45) is 0 Å². The topological polar surface area (TPSA) is 145 Å². The second-order valence-electron chi connectivity index (χ2n) is 10.1. The zero-order valence-corrected chi connectivity index (χ0v) is 26.0. The molecule has 0 spiro atoms. The monoisotopic (exact) mass is 636 g/mol. The molecule has 4 aromatic rings. The molecule has 1 atom stereocenters. The number of ether oxygens (including phenoxy) is 1. The second kappa shape index (κ2) is 14.7. The van der Waals surface area contributed by atoms with Gasteiger partial charge < -0.3 is 15.0 Å². The van der Waals surface area contributed by atoms with E-state index in [1.807, 2.05) is 13.8 Å². The van der Waals surface area contributed by atoms with E-state index in [9.17, 15) is 14.4 Å². The molecular weight excluding hydrogens is 607 g/mol. The summed E-state index contributed by atoms with van der Waals surface area (Å²) in [6, 6.07) is 13.1. The van der Waals surface area contributed by atoms with Crippen molar-refractivity contribution >= 4 is 47.1 Å². The molecule has 44 heavy (non-hydrogen) atoms. The van der Waals surface area contributed by atoms with Crippen LogP contribution in [0.2, 0.25) is 10.2 Å². The number of hydrogen-bond acceptors (Lipinski definition) is 9. The van der Waals surface area contributed by atoms with E-state index in [0.717, 1.165) is 5.56 Å². The lowest BCUT2D eigenvalue weighted by Gasteiger charge is -2.25. The molecule has 2 aromatic carbocycles. The van der Waals surface area contributed by atoms with E-state index in [0.29, 0.717) is 33.1 Å². The Balaban J connectivity index is 1.63. The van der Waals surface area contributed by atoms with Gasteiger partial charge in [0.05, 0.1) is 37.4 Å². The Morgan fingerprint density at radius 2 is 1.82 bits per heavy atom. The Morgan fingerprint density at radius 3 is 2.48 bits per heavy atom. The van der Waals surface area contributed by atoms with Crippen LogP contribution in [0.5, 0.6) is 0 Å². The average Bonchev–Trinajstić information content (AvgIpc) is 3.55. The van der Waals surface area contributed by atoms with Crippen molar-refractivity contribution in [2.45, 2.75) is 38.8 Å². The molecule has 0 saturated carbocycles. The number of benzene rings is 2. The van der Waals surface area contributed by atoms with Crippen molar-refractivity contribution in [3.8, 4) is 16.8 Å². The van der Waals surface area contributed by atoms with Gasteiger partial charge in [0, 0.05) is 35.3 Å². The molecule has 4 rings (SSSR count). The van der Waals surface area contributed by atoms with Crippen molar-refractivity contribution in [1.29, 1.82) is 0 Å². The minimum atomic E-state index is -0.832. The molecule has 2 aromatic heterocycles. The molecule has 14 heteroatoms. The molecule has 228 valence electrons. The number of nitrogens with zero attached hydrogens (tertiary/aromatic N) is 7. The number of halogens is 2. The van der Waals surface area contributed by atoms with Crippen LogP contribution in [0.1, 0.15) is 43.1 Å². The number of nitrogens with one attached hydrogen (secondary N) is 1. The summed E-state index contributed by atoms with van der Waals surface area (Å²) in [5.41, 5.74) is 3.57. The van der Waals surface area contributed by atoms with E-state index in [1.165, 1.54) is 24.2 Å². The molecular formula is C30H30Cl2N8O4. The Morgan fingerprint density at radius 1 is 1.07 bits per heavy atom. The zero-order chi connectivity index (χ0) is 31.8. The van der Waals surface area contributed by atoms with Gasteiger partial charge >= 0.3 is 5.97 Å². The predicted molar refractivity (Wildman–Crippen MR) is 165 cm³/mol. The van der Waals surface area contributed by atoms with Crippen LogP contribution in [0.25, 0.3) is 22.9 Å². The van der Waals surface area contributed by atoms with Crippen molar-refractivity contribution < 1.29 is 19.1 Å². The summed E-state index contributed by atoms with van der Waals surface area (Å²) in [7, 11) is 3.03. The fourth-order valence-electron chi connectivity index (χ4n) is 4.17. The maximum Gasteiger partial charge on any atom is 0.309 e. The Hall–Kier alpha value is -4.68. The average molecular weight is 638 g/mol. The van der Waals surface area contributed by atoms with E-state index in [4.69, 9.17) is 27.9 Å². The molecule has 1 N–H and O–H groups in total. The van der Waals surface area contributed by atoms with Gasteiger partial charge in [0.25, 0.3) is 0 Å². The van der Waals surface area contributed by atoms with Crippen molar-refractivity contribution in [2.75, 3.05) is 14.2 Å². The van der Waals surface area contributed by atoms with Gasteiger partial charge in [-0.15, -0.1) is 10.2 Å². The molecule has 0 unspecified atom stereocenters. The number of esters is 1. The fraction of sp³-hybridized carbons (Fsp3) is 0.267. The summed E-state index contributed by atoms with van der Waals surface area (Å²) < 4.78 is 6.18. The quantitative estimate of drug-likeness (QED) is 0.188. The summed E-state index contributed by atoms with van der Waals surface area (Å²) in [6.07, 6.45) is 4.38. The second-order valence-corrected chi connectivity index (χ2v) is 10.9. The van der Waals surface area contributed by atoms with Gasteiger partial charge in [-0.1, -0.05) is 47.5 Å². The first kappa shape index (κ1) is 32.2. The number of methoxy groups -OCH3 is 1. The van der Waals surface area contributed by atoms with E-state index in [2.05, 4.69) is 31.0 Å². The van der Waals surface area contributed by atoms with E-state index in [-0.39, 0.29) is 35.9 Å². The highest BCUT2D eigenvalue weighted by Crippen LogP contribution is 2.29. The number of hydrogen-bond donors (Lipinski definition) is 1. The van der Waals surface area contributed by atoms with Crippen LogP contribution in [0.4, 0.5) is 0 Å². The van der Waals surface area contributed by atoms with Crippen molar-refractivity contribution in [1.82, 2.24) is 40.6 Å². The minimum absolute atomic E-state index is 0.0540. The largest absolute Gasteiger partial charge is 0.469 e. The van der Waals surface area contributed by atoms with Crippen LogP contribution < -0.4 is 5.32 Å². The number of tetrazole rings is 1. The summed E-state index contributed by atoms with van der Waals surface area (Å²) in [5.74, 6) is -1.03. The molecule has 0 aliphatic rings. The summed E-state index contributed by atoms with van der Waals surface area (Å²) in [5, 5.41) is 23.0. The molecule has 0 aliphatic carbocycles. The van der Waals surface area contributed by atoms with Gasteiger partial charge in [-0.25, -0.2) is 0 Å². The first-order valence-electron chi connectivity index (χ1n) is 13.5. The SMILES string of the molecule is COC(=O)Cc1ccc(-c2cc([C@H](CC(=O)N(C)C(C)C)NC(=O)/C=C/c3cc(Cl)ccc3-n3cnnn3)nnc2Cl)cc1. The summed E-state index contributed by atoms with van der Waals surface area (Å²) in [4.78, 5) is 39.6. The van der Waals surface area contributed by atoms with Gasteiger partial charge in [0.15, 0.2) is 5.15 Å². The Kier molecular flexibility index (Phi) is 10.7. The lowest BCUT2D eigenvalue weighted by molar-refractivity contribution is -0.139. The highest BCUT2D eigenvalue weighted by Gasteiger charge is 2.24. The Bertz CT molecular complexity index is 1660. The number of carbonyl (C=O) groups excluding carboxylic acids is 3. The molecule has 0 saturated heterocycles. The summed E-state index contributed by atoms with van der Waals surface area (Å²) >= 11 is 12.6. The highest BCUT2D eigenvalue weighted by molar-refractivity contribution is 6.32. The molecule has 0 bridgehead atoms. The van der Waals surface area contributed by atoms with E-state index in [1.54, 1.807) is 66.6 Å². The van der Waals surface area contributed by atoms with Gasteiger partial charge in [0.1, 0.15) is 6.33 Å². The van der Waals surface area contributed by atoms with Crippen LogP contribution in [0, 0.1) is 0 Å². The number of aromatic nitrogens is 6. The number of amides is 2. The standard InChI is InChI=1S/C30H30Cl2N8O4/c1-18(2)39(3)28(42)16-24(34-27(41)12-9-21-14-22(31)10-11-26(21)40-17-33-37-38-40)25-15-23(30(32)36-35-25)20-7-5-19(6-8-20)13-29(43)44-4/h5-12,14-15,17-18,24H,13,16H2,1-4H3,(H,34,41)/b12-9+/t24-/m0/s1. The first-order chi connectivity index (χ1) is 21.0. The molecule has 0 radical (unpaired) electrons. The van der Waals surface area contributed by atoms with Gasteiger partial charge in [-0.05, 0) is 65.7 Å². The predicted octanol–water partition coefficient (Wildman–Crippen LogP) is 4.27. The van der Waals surface area contributed by atoms with Crippen molar-refractivity contribution in [3.05, 3.63) is 87.9 Å². The van der Waals surface area contributed by atoms with Gasteiger partial charge in [-0.2, -0.15) is 9.78 Å². The summed E-state index contributed by atoms with van der Waals surface area (Å²) in [6.45, 7) is 3.79. The third kappa shape index (κ3) is 8.23. The molecule has 0 fully saturated rings. The maximum absolute atomic E-state index is 13.2. The first-order valence-corrected chi connectivity index (χ1v) is 14.3. The minimum Gasteiger partial charge on any atom is -0.469 e. The van der Waals surface area contributed by atoms with Gasteiger partial charge in [-0.3, -0.25) is 14.4 Å². The third-order valence-electron chi connectivity index (χ3n) is 6.83. The van der Waals surface area contributed by atoms with Gasteiger partial charge in [0.2, 0.25) is 11.8 Å². The zero-order valence-electron chi connectivity index (χ0n) is 24.4. The smallest absolute Gasteiger partial charge is 0.309 e. The fourth-order valence-corrected chi connectivity index (χ4v) is 4.55. The van der Waals surface area contributed by atoms with Crippen LogP contribution in [-0.2, 0) is 25.5 Å². The lowest BCUT2D eigenvalue weighted by Crippen LogP contribution is -2.37. The van der Waals surface area contributed by atoms with Crippen LogP contribution >= 0.6 is 23.2 Å². The number of carbonyl (C=O) groups is 3. The maximum atomic E-state index is 13.2. The Labute approximate surface area is 264 Å². The molecule has 2 amide bonds. The van der Waals surface area contributed by atoms with E-state index >= 15 is 0 Å².